The third-order valence-electron chi connectivity index (χ3n) is 1.52. The number of methoxy groups -OCH3 is 1. The van der Waals surface area contributed by atoms with Crippen molar-refractivity contribution in [1.82, 2.24) is 0 Å². The van der Waals surface area contributed by atoms with Gasteiger partial charge in [-0.25, -0.2) is 4.39 Å². The molecule has 12 heavy (non-hydrogen) atoms. The maximum atomic E-state index is 12.7. The summed E-state index contributed by atoms with van der Waals surface area (Å²) >= 11 is 5.65. The highest BCUT2D eigenvalue weighted by Crippen LogP contribution is 2.14. The Morgan fingerprint density at radius 1 is 1.42 bits per heavy atom. The summed E-state index contributed by atoms with van der Waals surface area (Å²) in [5.74, 6) is -0.298. The summed E-state index contributed by atoms with van der Waals surface area (Å²) in [5.41, 5.74) is 0.863. The Balaban J connectivity index is 2.72. The van der Waals surface area contributed by atoms with Crippen LogP contribution in [0.3, 0.4) is 0 Å². The number of rotatable bonds is 3. The molecule has 0 radical (unpaired) electrons. The third-order valence-corrected chi connectivity index (χ3v) is 1.74. The van der Waals surface area contributed by atoms with Crippen LogP contribution in [0.15, 0.2) is 18.2 Å². The number of halogens is 2. The topological polar surface area (TPSA) is 9.23 Å². The Bertz CT molecular complexity index is 242. The van der Waals surface area contributed by atoms with E-state index in [2.05, 4.69) is 0 Å². The molecule has 0 N–H and O–H groups in total. The average molecular weight is 189 g/mol. The van der Waals surface area contributed by atoms with Gasteiger partial charge in [-0.2, -0.15) is 0 Å². The van der Waals surface area contributed by atoms with Gasteiger partial charge in [-0.1, -0.05) is 11.6 Å². The second kappa shape index (κ2) is 4.43. The van der Waals surface area contributed by atoms with E-state index in [-0.39, 0.29) is 5.82 Å². The minimum atomic E-state index is -0.298. The Labute approximate surface area is 76.1 Å². The highest BCUT2D eigenvalue weighted by atomic mass is 35.5. The lowest BCUT2D eigenvalue weighted by atomic mass is 10.1. The summed E-state index contributed by atoms with van der Waals surface area (Å²) in [5, 5.41) is 0.432. The van der Waals surface area contributed by atoms with Crippen molar-refractivity contribution in [3.8, 4) is 0 Å². The molecule has 0 aliphatic heterocycles. The van der Waals surface area contributed by atoms with Gasteiger partial charge in [0.2, 0.25) is 0 Å². The van der Waals surface area contributed by atoms with Crippen LogP contribution >= 0.6 is 11.6 Å². The quantitative estimate of drug-likeness (QED) is 0.709. The minimum Gasteiger partial charge on any atom is -0.384 e. The highest BCUT2D eigenvalue weighted by molar-refractivity contribution is 6.30. The smallest absolute Gasteiger partial charge is 0.124 e. The van der Waals surface area contributed by atoms with Crippen molar-refractivity contribution in [2.75, 3.05) is 13.7 Å². The molecule has 0 aromatic heterocycles. The SMILES string of the molecule is COCCc1cc(F)cc(Cl)c1. The molecule has 0 heterocycles. The molecule has 0 fully saturated rings. The maximum absolute atomic E-state index is 12.7. The molecule has 0 aliphatic rings. The first-order chi connectivity index (χ1) is 5.72. The highest BCUT2D eigenvalue weighted by Gasteiger charge is 1.98. The lowest BCUT2D eigenvalue weighted by Crippen LogP contribution is -1.94. The van der Waals surface area contributed by atoms with Gasteiger partial charge in [0.15, 0.2) is 0 Å². The molecule has 1 aromatic carbocycles. The summed E-state index contributed by atoms with van der Waals surface area (Å²) in [6, 6.07) is 4.49. The zero-order valence-electron chi connectivity index (χ0n) is 6.81. The van der Waals surface area contributed by atoms with Gasteiger partial charge < -0.3 is 4.74 Å². The molecule has 1 aromatic rings. The van der Waals surface area contributed by atoms with Crippen LogP contribution in [0.5, 0.6) is 0 Å². The molecule has 3 heteroatoms. The molecular weight excluding hydrogens is 179 g/mol. The van der Waals surface area contributed by atoms with Crippen molar-refractivity contribution in [3.05, 3.63) is 34.6 Å². The minimum absolute atomic E-state index is 0.298. The van der Waals surface area contributed by atoms with Gasteiger partial charge in [-0.05, 0) is 30.2 Å². The molecule has 1 nitrogen and oxygen atoms in total. The number of benzene rings is 1. The number of hydrogen-bond acceptors (Lipinski definition) is 1. The second-order valence-corrected chi connectivity index (χ2v) is 2.96. The van der Waals surface area contributed by atoms with E-state index >= 15 is 0 Å². The van der Waals surface area contributed by atoms with Crippen molar-refractivity contribution in [1.29, 1.82) is 0 Å². The standard InChI is InChI=1S/C9H10ClFO/c1-12-3-2-7-4-8(10)6-9(11)5-7/h4-6H,2-3H2,1H3. The fraction of sp³-hybridized carbons (Fsp3) is 0.333. The van der Waals surface area contributed by atoms with Crippen LogP contribution in [0.25, 0.3) is 0 Å². The van der Waals surface area contributed by atoms with Gasteiger partial charge in [-0.3, -0.25) is 0 Å². The molecular formula is C9H10ClFO. The van der Waals surface area contributed by atoms with Crippen molar-refractivity contribution in [3.63, 3.8) is 0 Å². The zero-order valence-corrected chi connectivity index (χ0v) is 7.57. The predicted octanol–water partition coefficient (Wildman–Crippen LogP) is 2.67. The lowest BCUT2D eigenvalue weighted by Gasteiger charge is -2.00. The van der Waals surface area contributed by atoms with Crippen molar-refractivity contribution < 1.29 is 9.13 Å². The molecule has 0 saturated carbocycles. The Kier molecular flexibility index (Phi) is 3.50. The van der Waals surface area contributed by atoms with E-state index in [9.17, 15) is 4.39 Å². The normalized spacial score (nSPS) is 10.2. The lowest BCUT2D eigenvalue weighted by molar-refractivity contribution is 0.202. The Morgan fingerprint density at radius 3 is 2.75 bits per heavy atom. The summed E-state index contributed by atoms with van der Waals surface area (Å²) in [7, 11) is 1.61. The third kappa shape index (κ3) is 2.80. The largest absolute Gasteiger partial charge is 0.384 e. The van der Waals surface area contributed by atoms with E-state index < -0.39 is 0 Å². The summed E-state index contributed by atoms with van der Waals surface area (Å²) in [4.78, 5) is 0. The molecule has 0 saturated heterocycles. The molecule has 0 unspecified atom stereocenters. The Hall–Kier alpha value is -0.600. The van der Waals surface area contributed by atoms with Crippen LogP contribution in [0, 0.1) is 5.82 Å². The van der Waals surface area contributed by atoms with Crippen molar-refractivity contribution in [2.45, 2.75) is 6.42 Å². The van der Waals surface area contributed by atoms with Crippen LogP contribution in [0.2, 0.25) is 5.02 Å². The van der Waals surface area contributed by atoms with Crippen LogP contribution < -0.4 is 0 Å². The van der Waals surface area contributed by atoms with Gasteiger partial charge in [0.1, 0.15) is 5.82 Å². The van der Waals surface area contributed by atoms with Gasteiger partial charge >= 0.3 is 0 Å². The predicted molar refractivity (Wildman–Crippen MR) is 47.0 cm³/mol. The zero-order chi connectivity index (χ0) is 8.97. The van der Waals surface area contributed by atoms with Gasteiger partial charge in [0.05, 0.1) is 6.61 Å². The van der Waals surface area contributed by atoms with E-state index in [0.717, 1.165) is 5.56 Å². The fourth-order valence-electron chi connectivity index (χ4n) is 0.975. The summed E-state index contributed by atoms with van der Waals surface area (Å²) in [6.07, 6.45) is 0.688. The van der Waals surface area contributed by atoms with E-state index in [4.69, 9.17) is 16.3 Å². The average Bonchev–Trinajstić information content (AvgIpc) is 1.99. The van der Waals surface area contributed by atoms with Crippen LogP contribution in [-0.4, -0.2) is 13.7 Å². The molecule has 66 valence electrons. The van der Waals surface area contributed by atoms with Crippen LogP contribution in [0.1, 0.15) is 5.56 Å². The second-order valence-electron chi connectivity index (χ2n) is 2.52. The first-order valence-electron chi connectivity index (χ1n) is 3.66. The molecule has 0 aliphatic carbocycles. The molecule has 0 spiro atoms. The van der Waals surface area contributed by atoms with Gasteiger partial charge in [0, 0.05) is 12.1 Å². The number of ether oxygens (including phenoxy) is 1. The maximum Gasteiger partial charge on any atom is 0.124 e. The fourth-order valence-corrected chi connectivity index (χ4v) is 1.22. The van der Waals surface area contributed by atoms with E-state index in [1.807, 2.05) is 0 Å². The van der Waals surface area contributed by atoms with Crippen molar-refractivity contribution >= 4 is 11.6 Å². The van der Waals surface area contributed by atoms with E-state index in [1.165, 1.54) is 12.1 Å². The van der Waals surface area contributed by atoms with E-state index in [1.54, 1.807) is 13.2 Å². The van der Waals surface area contributed by atoms with Gasteiger partial charge in [0.25, 0.3) is 0 Å². The molecule has 1 rings (SSSR count). The first-order valence-corrected chi connectivity index (χ1v) is 4.04. The first kappa shape index (κ1) is 9.49. The summed E-state index contributed by atoms with van der Waals surface area (Å²) < 4.78 is 17.6. The van der Waals surface area contributed by atoms with Crippen LogP contribution in [0.4, 0.5) is 4.39 Å². The molecule has 0 atom stereocenters. The van der Waals surface area contributed by atoms with Crippen LogP contribution in [-0.2, 0) is 11.2 Å². The summed E-state index contributed by atoms with van der Waals surface area (Å²) in [6.45, 7) is 0.583. The van der Waals surface area contributed by atoms with Gasteiger partial charge in [-0.15, -0.1) is 0 Å². The van der Waals surface area contributed by atoms with Crippen molar-refractivity contribution in [2.24, 2.45) is 0 Å². The molecule has 0 bridgehead atoms. The monoisotopic (exact) mass is 188 g/mol. The van der Waals surface area contributed by atoms with E-state index in [0.29, 0.717) is 18.1 Å². The Morgan fingerprint density at radius 2 is 2.17 bits per heavy atom. The number of hydrogen-bond donors (Lipinski definition) is 0. The molecule has 0 amide bonds.